The lowest BCUT2D eigenvalue weighted by atomic mass is 10.1. The van der Waals surface area contributed by atoms with E-state index in [0.29, 0.717) is 27.8 Å². The van der Waals surface area contributed by atoms with Gasteiger partial charge >= 0.3 is 0 Å². The van der Waals surface area contributed by atoms with Gasteiger partial charge in [-0.1, -0.05) is 76.2 Å². The number of hydrogen-bond donors (Lipinski definition) is 1. The van der Waals surface area contributed by atoms with Crippen LogP contribution in [0.4, 0.5) is 5.69 Å². The first kappa shape index (κ1) is 31.9. The number of carbonyl (C=O) groups excluding carboxylic acids is 2. The van der Waals surface area contributed by atoms with Crippen LogP contribution >= 0.6 is 39.1 Å². The van der Waals surface area contributed by atoms with Crippen molar-refractivity contribution in [1.82, 2.24) is 10.2 Å². The smallest absolute Gasteiger partial charge is 0.264 e. The van der Waals surface area contributed by atoms with Crippen molar-refractivity contribution >= 4 is 66.7 Å². The average Bonchev–Trinajstić information content (AvgIpc) is 2.92. The number of aryl methyl sites for hydroxylation is 1. The van der Waals surface area contributed by atoms with Crippen molar-refractivity contribution < 1.29 is 18.0 Å². The van der Waals surface area contributed by atoms with Gasteiger partial charge in [-0.2, -0.15) is 0 Å². The summed E-state index contributed by atoms with van der Waals surface area (Å²) in [6, 6.07) is 17.1. The summed E-state index contributed by atoms with van der Waals surface area (Å²) in [6.07, 6.45) is 1.70. The zero-order valence-electron chi connectivity index (χ0n) is 22.5. The maximum absolute atomic E-state index is 13.9. The summed E-state index contributed by atoms with van der Waals surface area (Å²) in [5.41, 5.74) is 1.86. The van der Waals surface area contributed by atoms with E-state index in [1.54, 1.807) is 61.5 Å². The molecule has 0 unspecified atom stereocenters. The highest BCUT2D eigenvalue weighted by Crippen LogP contribution is 2.27. The highest BCUT2D eigenvalue weighted by molar-refractivity contribution is 9.10. The zero-order valence-corrected chi connectivity index (χ0v) is 26.4. The molecule has 2 amide bonds. The number of benzene rings is 3. The standard InChI is InChI=1S/C29H32BrCl2N3O4S/c1-4-5-16-33-29(37)21(3)34(18-22-8-15-26(31)27(32)17-22)28(36)19-35(24-11-9-23(30)10-12-24)40(38,39)25-13-6-20(2)7-14-25/h6-15,17,21H,4-5,16,18-19H2,1-3H3,(H,33,37)/t21-/m1/s1. The molecule has 0 bridgehead atoms. The molecule has 0 aromatic heterocycles. The van der Waals surface area contributed by atoms with Crippen LogP contribution in [-0.2, 0) is 26.2 Å². The Bertz CT molecular complexity index is 1430. The molecule has 3 aromatic rings. The second kappa shape index (κ2) is 14.3. The Kier molecular flexibility index (Phi) is 11.5. The van der Waals surface area contributed by atoms with Gasteiger partial charge in [-0.3, -0.25) is 13.9 Å². The molecule has 3 aromatic carbocycles. The number of nitrogens with one attached hydrogen (secondary N) is 1. The van der Waals surface area contributed by atoms with Crippen molar-refractivity contribution in [2.24, 2.45) is 0 Å². The molecule has 40 heavy (non-hydrogen) atoms. The summed E-state index contributed by atoms with van der Waals surface area (Å²) in [4.78, 5) is 28.4. The van der Waals surface area contributed by atoms with Crippen LogP contribution in [0.3, 0.4) is 0 Å². The quantitative estimate of drug-likeness (QED) is 0.221. The first-order valence-corrected chi connectivity index (χ1v) is 15.8. The molecule has 0 aliphatic rings. The third kappa shape index (κ3) is 8.22. The predicted octanol–water partition coefficient (Wildman–Crippen LogP) is 6.59. The molecule has 0 saturated heterocycles. The van der Waals surface area contributed by atoms with E-state index in [4.69, 9.17) is 23.2 Å². The van der Waals surface area contributed by atoms with Crippen LogP contribution in [0.25, 0.3) is 0 Å². The largest absolute Gasteiger partial charge is 0.354 e. The van der Waals surface area contributed by atoms with Crippen LogP contribution in [0, 0.1) is 6.92 Å². The highest BCUT2D eigenvalue weighted by Gasteiger charge is 2.32. The Hall–Kier alpha value is -2.59. The molecule has 0 spiro atoms. The van der Waals surface area contributed by atoms with E-state index in [1.165, 1.54) is 17.0 Å². The minimum Gasteiger partial charge on any atom is -0.354 e. The summed E-state index contributed by atoms with van der Waals surface area (Å²) in [6.45, 7) is 5.47. The van der Waals surface area contributed by atoms with Crippen LogP contribution in [0.2, 0.25) is 10.0 Å². The monoisotopic (exact) mass is 667 g/mol. The van der Waals surface area contributed by atoms with Crippen molar-refractivity contribution in [1.29, 1.82) is 0 Å². The summed E-state index contributed by atoms with van der Waals surface area (Å²) >= 11 is 15.7. The normalized spacial score (nSPS) is 12.1. The number of carbonyl (C=O) groups is 2. The summed E-state index contributed by atoms with van der Waals surface area (Å²) in [5.74, 6) is -0.888. The van der Waals surface area contributed by atoms with Crippen LogP contribution in [0.15, 0.2) is 76.1 Å². The molecule has 7 nitrogen and oxygen atoms in total. The first-order valence-electron chi connectivity index (χ1n) is 12.8. The Morgan fingerprint density at radius 1 is 0.975 bits per heavy atom. The number of sulfonamides is 1. The van der Waals surface area contributed by atoms with Gasteiger partial charge in [-0.15, -0.1) is 0 Å². The van der Waals surface area contributed by atoms with Gasteiger partial charge in [0.1, 0.15) is 12.6 Å². The van der Waals surface area contributed by atoms with Gasteiger partial charge in [0.15, 0.2) is 0 Å². The number of hydrogen-bond acceptors (Lipinski definition) is 4. The number of rotatable bonds is 12. The fraction of sp³-hybridized carbons (Fsp3) is 0.310. The Morgan fingerprint density at radius 2 is 1.62 bits per heavy atom. The van der Waals surface area contributed by atoms with E-state index >= 15 is 0 Å². The molecular weight excluding hydrogens is 637 g/mol. The van der Waals surface area contributed by atoms with Crippen LogP contribution < -0.4 is 9.62 Å². The van der Waals surface area contributed by atoms with Crippen molar-refractivity contribution in [3.05, 3.63) is 92.4 Å². The number of anilines is 1. The summed E-state index contributed by atoms with van der Waals surface area (Å²) in [5, 5.41) is 3.53. The number of unbranched alkanes of at least 4 members (excludes halogenated alkanes) is 1. The van der Waals surface area contributed by atoms with Crippen LogP contribution in [-0.4, -0.2) is 44.3 Å². The van der Waals surface area contributed by atoms with Crippen molar-refractivity contribution in [2.45, 2.75) is 51.1 Å². The summed E-state index contributed by atoms with van der Waals surface area (Å²) < 4.78 is 29.5. The molecular formula is C29H32BrCl2N3O4S. The molecule has 0 aliphatic heterocycles. The van der Waals surface area contributed by atoms with Gasteiger partial charge in [0.05, 0.1) is 20.6 Å². The molecule has 0 fully saturated rings. The first-order chi connectivity index (χ1) is 18.9. The lowest BCUT2D eigenvalue weighted by Crippen LogP contribution is -2.51. The molecule has 11 heteroatoms. The van der Waals surface area contributed by atoms with E-state index in [-0.39, 0.29) is 17.3 Å². The molecule has 1 N–H and O–H groups in total. The van der Waals surface area contributed by atoms with E-state index in [0.717, 1.165) is 27.2 Å². The molecule has 0 aliphatic carbocycles. The van der Waals surface area contributed by atoms with Crippen molar-refractivity contribution in [3.63, 3.8) is 0 Å². The van der Waals surface area contributed by atoms with Gasteiger partial charge in [0.25, 0.3) is 10.0 Å². The van der Waals surface area contributed by atoms with Gasteiger partial charge < -0.3 is 10.2 Å². The summed E-state index contributed by atoms with van der Waals surface area (Å²) in [7, 11) is -4.13. The fourth-order valence-corrected chi connectivity index (χ4v) is 5.93. The molecule has 0 radical (unpaired) electrons. The molecule has 3 rings (SSSR count). The van der Waals surface area contributed by atoms with Gasteiger partial charge in [-0.25, -0.2) is 8.42 Å². The Balaban J connectivity index is 2.01. The lowest BCUT2D eigenvalue weighted by molar-refractivity contribution is -0.139. The highest BCUT2D eigenvalue weighted by atomic mass is 79.9. The Labute approximate surface area is 254 Å². The van der Waals surface area contributed by atoms with Crippen molar-refractivity contribution in [2.75, 3.05) is 17.4 Å². The van der Waals surface area contributed by atoms with Crippen LogP contribution in [0.1, 0.15) is 37.8 Å². The third-order valence-corrected chi connectivity index (χ3v) is 9.39. The Morgan fingerprint density at radius 3 is 2.23 bits per heavy atom. The van der Waals surface area contributed by atoms with Crippen LogP contribution in [0.5, 0.6) is 0 Å². The second-order valence-electron chi connectivity index (χ2n) is 9.39. The van der Waals surface area contributed by atoms with E-state index in [2.05, 4.69) is 21.2 Å². The molecule has 1 atom stereocenters. The minimum absolute atomic E-state index is 0.0246. The fourth-order valence-electron chi connectivity index (χ4n) is 3.93. The molecule has 214 valence electrons. The number of amides is 2. The number of halogens is 3. The number of nitrogens with zero attached hydrogens (tertiary/aromatic N) is 2. The van der Waals surface area contributed by atoms with Gasteiger partial charge in [-0.05, 0) is 74.4 Å². The second-order valence-corrected chi connectivity index (χ2v) is 13.0. The lowest BCUT2D eigenvalue weighted by Gasteiger charge is -2.32. The van der Waals surface area contributed by atoms with E-state index in [9.17, 15) is 18.0 Å². The van der Waals surface area contributed by atoms with E-state index in [1.807, 2.05) is 13.8 Å². The molecule has 0 heterocycles. The van der Waals surface area contributed by atoms with Gasteiger partial charge in [0, 0.05) is 17.6 Å². The topological polar surface area (TPSA) is 86.8 Å². The predicted molar refractivity (Wildman–Crippen MR) is 164 cm³/mol. The zero-order chi connectivity index (χ0) is 29.4. The minimum atomic E-state index is -4.13. The van der Waals surface area contributed by atoms with Crippen molar-refractivity contribution in [3.8, 4) is 0 Å². The van der Waals surface area contributed by atoms with Gasteiger partial charge in [0.2, 0.25) is 11.8 Å². The van der Waals surface area contributed by atoms with E-state index < -0.39 is 28.5 Å². The average molecular weight is 669 g/mol. The third-order valence-electron chi connectivity index (χ3n) is 6.34. The maximum Gasteiger partial charge on any atom is 0.264 e. The SMILES string of the molecule is CCCCNC(=O)[C@@H](C)N(Cc1ccc(Cl)c(Cl)c1)C(=O)CN(c1ccc(Br)cc1)S(=O)(=O)c1ccc(C)cc1. The maximum atomic E-state index is 13.9. The molecule has 0 saturated carbocycles.